The molecule has 0 heterocycles. The normalized spacial score (nSPS) is 22.3. The van der Waals surface area contributed by atoms with E-state index in [1.54, 1.807) is 6.07 Å². The van der Waals surface area contributed by atoms with Gasteiger partial charge in [0.1, 0.15) is 0 Å². The number of benzene rings is 1. The minimum absolute atomic E-state index is 0.00690. The fourth-order valence-corrected chi connectivity index (χ4v) is 2.76. The van der Waals surface area contributed by atoms with Crippen LogP contribution in [-0.2, 0) is 4.79 Å². The third-order valence-electron chi connectivity index (χ3n) is 4.14. The maximum Gasteiger partial charge on any atom is 0.337 e. The van der Waals surface area contributed by atoms with Crippen molar-refractivity contribution in [3.63, 3.8) is 0 Å². The molecule has 0 aromatic heterocycles. The number of aryl methyl sites for hydroxylation is 1. The molecule has 0 unspecified atom stereocenters. The van der Waals surface area contributed by atoms with Crippen molar-refractivity contribution in [2.45, 2.75) is 39.5 Å². The maximum absolute atomic E-state index is 12.3. The maximum atomic E-state index is 12.3. The Morgan fingerprint density at radius 2 is 1.85 bits per heavy atom. The van der Waals surface area contributed by atoms with Crippen molar-refractivity contribution in [3.05, 3.63) is 29.3 Å². The fourth-order valence-electron chi connectivity index (χ4n) is 2.76. The summed E-state index contributed by atoms with van der Waals surface area (Å²) in [6, 6.07) is 5.02. The standard InChI is InChI=1S/C16H21NO3/c1-10-6-8-12(9-7-10)15(18)17-14-11(2)4-3-5-13(14)16(19)20/h3-5,10,12H,6-9H2,1-2H3,(H,17,18)(H,19,20). The summed E-state index contributed by atoms with van der Waals surface area (Å²) in [6.45, 7) is 4.02. The molecule has 4 heteroatoms. The zero-order chi connectivity index (χ0) is 14.7. The molecule has 1 aromatic carbocycles. The third-order valence-corrected chi connectivity index (χ3v) is 4.14. The minimum Gasteiger partial charge on any atom is -0.478 e. The van der Waals surface area contributed by atoms with Gasteiger partial charge in [-0.2, -0.15) is 0 Å². The molecular formula is C16H21NO3. The summed E-state index contributed by atoms with van der Waals surface area (Å²) >= 11 is 0. The topological polar surface area (TPSA) is 66.4 Å². The lowest BCUT2D eigenvalue weighted by atomic mass is 9.82. The van der Waals surface area contributed by atoms with E-state index in [-0.39, 0.29) is 17.4 Å². The van der Waals surface area contributed by atoms with Crippen LogP contribution in [0.15, 0.2) is 18.2 Å². The van der Waals surface area contributed by atoms with Gasteiger partial charge >= 0.3 is 5.97 Å². The first-order valence-electron chi connectivity index (χ1n) is 7.12. The Bertz CT molecular complexity index is 516. The largest absolute Gasteiger partial charge is 0.478 e. The highest BCUT2D eigenvalue weighted by molar-refractivity contribution is 6.02. The van der Waals surface area contributed by atoms with Gasteiger partial charge in [0, 0.05) is 5.92 Å². The number of para-hydroxylation sites is 1. The van der Waals surface area contributed by atoms with E-state index in [0.29, 0.717) is 11.6 Å². The van der Waals surface area contributed by atoms with Crippen LogP contribution in [0, 0.1) is 18.8 Å². The van der Waals surface area contributed by atoms with Crippen LogP contribution in [0.25, 0.3) is 0 Å². The molecule has 1 aromatic rings. The second kappa shape index (κ2) is 6.07. The van der Waals surface area contributed by atoms with E-state index in [2.05, 4.69) is 12.2 Å². The van der Waals surface area contributed by atoms with Gasteiger partial charge in [0.15, 0.2) is 0 Å². The number of carbonyl (C=O) groups excluding carboxylic acids is 1. The molecule has 0 aliphatic heterocycles. The smallest absolute Gasteiger partial charge is 0.337 e. The lowest BCUT2D eigenvalue weighted by molar-refractivity contribution is -0.121. The Morgan fingerprint density at radius 3 is 2.45 bits per heavy atom. The number of carbonyl (C=O) groups is 2. The Kier molecular flexibility index (Phi) is 4.42. The predicted molar refractivity (Wildman–Crippen MR) is 77.9 cm³/mol. The Labute approximate surface area is 119 Å². The van der Waals surface area contributed by atoms with Crippen molar-refractivity contribution in [2.24, 2.45) is 11.8 Å². The highest BCUT2D eigenvalue weighted by Crippen LogP contribution is 2.30. The molecule has 0 spiro atoms. The first-order chi connectivity index (χ1) is 9.49. The summed E-state index contributed by atoms with van der Waals surface area (Å²) in [6.07, 6.45) is 3.91. The SMILES string of the molecule is Cc1cccc(C(=O)O)c1NC(=O)C1CCC(C)CC1. The van der Waals surface area contributed by atoms with Gasteiger partial charge in [0.25, 0.3) is 0 Å². The molecule has 20 heavy (non-hydrogen) atoms. The van der Waals surface area contributed by atoms with Crippen molar-refractivity contribution in [1.82, 2.24) is 0 Å². The van der Waals surface area contributed by atoms with Crippen LogP contribution in [0.1, 0.15) is 48.5 Å². The van der Waals surface area contributed by atoms with Gasteiger partial charge < -0.3 is 10.4 Å². The van der Waals surface area contributed by atoms with Gasteiger partial charge in [-0.25, -0.2) is 4.79 Å². The zero-order valence-electron chi connectivity index (χ0n) is 12.0. The quantitative estimate of drug-likeness (QED) is 0.887. The van der Waals surface area contributed by atoms with E-state index in [9.17, 15) is 14.7 Å². The molecule has 0 radical (unpaired) electrons. The lowest BCUT2D eigenvalue weighted by Crippen LogP contribution is -2.27. The van der Waals surface area contributed by atoms with Gasteiger partial charge in [-0.05, 0) is 50.2 Å². The van der Waals surface area contributed by atoms with E-state index in [4.69, 9.17) is 0 Å². The van der Waals surface area contributed by atoms with E-state index in [0.717, 1.165) is 31.2 Å². The average molecular weight is 275 g/mol. The number of anilines is 1. The summed E-state index contributed by atoms with van der Waals surface area (Å²) in [7, 11) is 0. The van der Waals surface area contributed by atoms with E-state index >= 15 is 0 Å². The number of rotatable bonds is 3. The van der Waals surface area contributed by atoms with Gasteiger partial charge in [0.2, 0.25) is 5.91 Å². The van der Waals surface area contributed by atoms with Crippen molar-refractivity contribution in [3.8, 4) is 0 Å². The number of carboxylic acids is 1. The Balaban J connectivity index is 2.13. The molecule has 1 fully saturated rings. The van der Waals surface area contributed by atoms with Crippen LogP contribution in [-0.4, -0.2) is 17.0 Å². The van der Waals surface area contributed by atoms with Crippen molar-refractivity contribution in [2.75, 3.05) is 5.32 Å². The second-order valence-corrected chi connectivity index (χ2v) is 5.75. The molecule has 4 nitrogen and oxygen atoms in total. The van der Waals surface area contributed by atoms with Crippen molar-refractivity contribution < 1.29 is 14.7 Å². The Hall–Kier alpha value is -1.84. The average Bonchev–Trinajstić information content (AvgIpc) is 2.41. The molecular weight excluding hydrogens is 254 g/mol. The number of carboxylic acid groups (broad SMARTS) is 1. The van der Waals surface area contributed by atoms with Crippen LogP contribution in [0.5, 0.6) is 0 Å². The molecule has 2 N–H and O–H groups in total. The van der Waals surface area contributed by atoms with E-state index < -0.39 is 5.97 Å². The van der Waals surface area contributed by atoms with Gasteiger partial charge in [0.05, 0.1) is 11.3 Å². The highest BCUT2D eigenvalue weighted by atomic mass is 16.4. The lowest BCUT2D eigenvalue weighted by Gasteiger charge is -2.25. The number of hydrogen-bond acceptors (Lipinski definition) is 2. The van der Waals surface area contributed by atoms with Gasteiger partial charge in [-0.15, -0.1) is 0 Å². The van der Waals surface area contributed by atoms with E-state index in [1.165, 1.54) is 6.07 Å². The molecule has 108 valence electrons. The van der Waals surface area contributed by atoms with Crippen LogP contribution in [0.2, 0.25) is 0 Å². The van der Waals surface area contributed by atoms with Crippen LogP contribution < -0.4 is 5.32 Å². The van der Waals surface area contributed by atoms with Crippen LogP contribution >= 0.6 is 0 Å². The Morgan fingerprint density at radius 1 is 1.20 bits per heavy atom. The van der Waals surface area contributed by atoms with E-state index in [1.807, 2.05) is 13.0 Å². The molecule has 1 aliphatic carbocycles. The zero-order valence-corrected chi connectivity index (χ0v) is 12.0. The summed E-state index contributed by atoms with van der Waals surface area (Å²) in [5.74, 6) is -0.366. The van der Waals surface area contributed by atoms with Gasteiger partial charge in [-0.3, -0.25) is 4.79 Å². The first-order valence-corrected chi connectivity index (χ1v) is 7.12. The highest BCUT2D eigenvalue weighted by Gasteiger charge is 2.25. The monoisotopic (exact) mass is 275 g/mol. The summed E-state index contributed by atoms with van der Waals surface area (Å²) in [4.78, 5) is 23.5. The number of nitrogens with one attached hydrogen (secondary N) is 1. The van der Waals surface area contributed by atoms with Crippen molar-refractivity contribution in [1.29, 1.82) is 0 Å². The third kappa shape index (κ3) is 3.18. The molecule has 2 rings (SSSR count). The fraction of sp³-hybridized carbons (Fsp3) is 0.500. The van der Waals surface area contributed by atoms with Crippen LogP contribution in [0.3, 0.4) is 0 Å². The molecule has 0 atom stereocenters. The summed E-state index contributed by atoms with van der Waals surface area (Å²) < 4.78 is 0. The molecule has 0 bridgehead atoms. The predicted octanol–water partition coefficient (Wildman–Crippen LogP) is 3.46. The summed E-state index contributed by atoms with van der Waals surface area (Å²) in [5, 5.41) is 12.0. The first kappa shape index (κ1) is 14.6. The van der Waals surface area contributed by atoms with Crippen LogP contribution in [0.4, 0.5) is 5.69 Å². The van der Waals surface area contributed by atoms with Crippen molar-refractivity contribution >= 4 is 17.6 Å². The van der Waals surface area contributed by atoms with Gasteiger partial charge in [-0.1, -0.05) is 19.1 Å². The number of hydrogen-bond donors (Lipinski definition) is 2. The molecule has 1 amide bonds. The number of amides is 1. The summed E-state index contributed by atoms with van der Waals surface area (Å²) in [5.41, 5.74) is 1.37. The second-order valence-electron chi connectivity index (χ2n) is 5.75. The minimum atomic E-state index is -1.01. The molecule has 0 saturated heterocycles. The molecule has 1 aliphatic rings. The number of aromatic carboxylic acids is 1. The molecule has 1 saturated carbocycles.